The van der Waals surface area contributed by atoms with Crippen molar-refractivity contribution in [2.24, 2.45) is 0 Å². The van der Waals surface area contributed by atoms with E-state index in [1.165, 1.54) is 0 Å². The Bertz CT molecular complexity index is 612. The molecule has 1 aliphatic rings. The summed E-state index contributed by atoms with van der Waals surface area (Å²) in [7, 11) is 0. The van der Waals surface area contributed by atoms with E-state index >= 15 is 0 Å². The Hall–Kier alpha value is -2.14. The molecule has 5 heteroatoms. The first kappa shape index (κ1) is 14.8. The van der Waals surface area contributed by atoms with Crippen molar-refractivity contribution in [2.45, 2.75) is 32.6 Å². The van der Waals surface area contributed by atoms with Crippen LogP contribution in [0, 0.1) is 0 Å². The number of nitrogens with zero attached hydrogens (tertiary/aromatic N) is 3. The van der Waals surface area contributed by atoms with Gasteiger partial charge in [0.2, 0.25) is 0 Å². The average molecular weight is 299 g/mol. The highest BCUT2D eigenvalue weighted by molar-refractivity contribution is 5.94. The maximum absolute atomic E-state index is 12.6. The van der Waals surface area contributed by atoms with Crippen molar-refractivity contribution < 1.29 is 9.53 Å². The molecule has 1 saturated heterocycles. The third-order valence-electron chi connectivity index (χ3n) is 3.81. The first-order valence-corrected chi connectivity index (χ1v) is 7.63. The second kappa shape index (κ2) is 6.32. The van der Waals surface area contributed by atoms with Crippen molar-refractivity contribution in [2.75, 3.05) is 13.1 Å². The summed E-state index contributed by atoms with van der Waals surface area (Å²) in [6, 6.07) is 9.67. The molecule has 3 rings (SSSR count). The number of aromatic nitrogens is 2. The lowest BCUT2D eigenvalue weighted by molar-refractivity contribution is -0.0586. The van der Waals surface area contributed by atoms with Crippen LogP contribution in [-0.4, -0.2) is 45.9 Å². The lowest BCUT2D eigenvalue weighted by Crippen LogP contribution is -2.48. The summed E-state index contributed by atoms with van der Waals surface area (Å²) in [4.78, 5) is 14.4. The highest BCUT2D eigenvalue weighted by atomic mass is 16.5. The molecule has 0 saturated carbocycles. The lowest BCUT2D eigenvalue weighted by Gasteiger charge is -2.35. The summed E-state index contributed by atoms with van der Waals surface area (Å²) in [5.74, 6) is 0.0765. The minimum atomic E-state index is 0.0765. The Balaban J connectivity index is 1.68. The predicted octanol–water partition coefficient (Wildman–Crippen LogP) is 2.18. The quantitative estimate of drug-likeness (QED) is 0.873. The standard InChI is InChI=1S/C17H21N3O2/c1-13-10-19(11-14(2)22-13)17(21)16-6-4-15(5-7-16)12-20-9-3-8-18-20/h3-9,13-14H,10-12H2,1-2H3/t13-,14-/m1/s1. The van der Waals surface area contributed by atoms with Gasteiger partial charge in [-0.2, -0.15) is 5.10 Å². The SMILES string of the molecule is C[C@@H]1CN(C(=O)c2ccc(Cn3cccn3)cc2)C[C@@H](C)O1. The Morgan fingerprint density at radius 1 is 1.23 bits per heavy atom. The summed E-state index contributed by atoms with van der Waals surface area (Å²) in [6.07, 6.45) is 3.87. The number of carbonyl (C=O) groups is 1. The number of morpholine rings is 1. The van der Waals surface area contributed by atoms with Gasteiger partial charge < -0.3 is 9.64 Å². The van der Waals surface area contributed by atoms with Crippen LogP contribution in [0.25, 0.3) is 0 Å². The Morgan fingerprint density at radius 3 is 2.50 bits per heavy atom. The fourth-order valence-corrected chi connectivity index (χ4v) is 2.86. The maximum atomic E-state index is 12.6. The molecule has 1 amide bonds. The third-order valence-corrected chi connectivity index (χ3v) is 3.81. The van der Waals surface area contributed by atoms with E-state index in [0.29, 0.717) is 19.6 Å². The first-order chi connectivity index (χ1) is 10.6. The van der Waals surface area contributed by atoms with Crippen LogP contribution in [0.5, 0.6) is 0 Å². The van der Waals surface area contributed by atoms with E-state index in [1.807, 2.05) is 60.0 Å². The summed E-state index contributed by atoms with van der Waals surface area (Å²) in [5, 5.41) is 4.19. The van der Waals surface area contributed by atoms with Crippen molar-refractivity contribution >= 4 is 5.91 Å². The first-order valence-electron chi connectivity index (χ1n) is 7.63. The molecule has 116 valence electrons. The van der Waals surface area contributed by atoms with Crippen molar-refractivity contribution in [3.8, 4) is 0 Å². The molecule has 0 radical (unpaired) electrons. The zero-order valence-corrected chi connectivity index (χ0v) is 13.0. The molecular weight excluding hydrogens is 278 g/mol. The smallest absolute Gasteiger partial charge is 0.254 e. The molecule has 0 N–H and O–H groups in total. The highest BCUT2D eigenvalue weighted by Crippen LogP contribution is 2.15. The molecule has 1 fully saturated rings. The van der Waals surface area contributed by atoms with Crippen LogP contribution in [0.3, 0.4) is 0 Å². The Morgan fingerprint density at radius 2 is 1.91 bits per heavy atom. The molecule has 0 unspecified atom stereocenters. The van der Waals surface area contributed by atoms with Crippen molar-refractivity contribution in [3.05, 3.63) is 53.9 Å². The van der Waals surface area contributed by atoms with E-state index in [4.69, 9.17) is 4.74 Å². The van der Waals surface area contributed by atoms with Crippen LogP contribution in [0.15, 0.2) is 42.7 Å². The number of amides is 1. The monoisotopic (exact) mass is 299 g/mol. The summed E-state index contributed by atoms with van der Waals surface area (Å²) >= 11 is 0. The zero-order chi connectivity index (χ0) is 15.5. The minimum Gasteiger partial charge on any atom is -0.372 e. The molecule has 2 atom stereocenters. The average Bonchev–Trinajstić information content (AvgIpc) is 2.99. The minimum absolute atomic E-state index is 0.0765. The topological polar surface area (TPSA) is 47.4 Å². The number of hydrogen-bond acceptors (Lipinski definition) is 3. The molecule has 5 nitrogen and oxygen atoms in total. The van der Waals surface area contributed by atoms with E-state index in [1.54, 1.807) is 6.20 Å². The van der Waals surface area contributed by atoms with Gasteiger partial charge in [-0.25, -0.2) is 0 Å². The summed E-state index contributed by atoms with van der Waals surface area (Å²) in [6.45, 7) is 6.02. The van der Waals surface area contributed by atoms with Crippen molar-refractivity contribution in [3.63, 3.8) is 0 Å². The molecule has 1 aromatic heterocycles. The number of carbonyl (C=O) groups excluding carboxylic acids is 1. The van der Waals surface area contributed by atoms with Gasteiger partial charge >= 0.3 is 0 Å². The molecule has 2 aromatic rings. The van der Waals surface area contributed by atoms with Gasteiger partial charge in [0.05, 0.1) is 18.8 Å². The lowest BCUT2D eigenvalue weighted by atomic mass is 10.1. The fraction of sp³-hybridized carbons (Fsp3) is 0.412. The van der Waals surface area contributed by atoms with Gasteiger partial charge in [-0.1, -0.05) is 12.1 Å². The summed E-state index contributed by atoms with van der Waals surface area (Å²) < 4.78 is 7.54. The molecular formula is C17H21N3O2. The van der Waals surface area contributed by atoms with E-state index in [9.17, 15) is 4.79 Å². The molecule has 1 aromatic carbocycles. The molecule has 0 aliphatic carbocycles. The van der Waals surface area contributed by atoms with Crippen molar-refractivity contribution in [1.82, 2.24) is 14.7 Å². The fourth-order valence-electron chi connectivity index (χ4n) is 2.86. The van der Waals surface area contributed by atoms with Crippen LogP contribution < -0.4 is 0 Å². The largest absolute Gasteiger partial charge is 0.372 e. The van der Waals surface area contributed by atoms with Crippen molar-refractivity contribution in [1.29, 1.82) is 0 Å². The normalized spacial score (nSPS) is 21.8. The summed E-state index contributed by atoms with van der Waals surface area (Å²) in [5.41, 5.74) is 1.86. The molecule has 1 aliphatic heterocycles. The van der Waals surface area contributed by atoms with Crippen LogP contribution in [-0.2, 0) is 11.3 Å². The van der Waals surface area contributed by atoms with Crippen LogP contribution >= 0.6 is 0 Å². The van der Waals surface area contributed by atoms with E-state index < -0.39 is 0 Å². The van der Waals surface area contributed by atoms with Crippen LogP contribution in [0.2, 0.25) is 0 Å². The second-order valence-corrected chi connectivity index (χ2v) is 5.87. The number of hydrogen-bond donors (Lipinski definition) is 0. The second-order valence-electron chi connectivity index (χ2n) is 5.87. The Kier molecular flexibility index (Phi) is 4.24. The molecule has 0 bridgehead atoms. The van der Waals surface area contributed by atoms with Gasteiger partial charge in [-0.05, 0) is 37.6 Å². The van der Waals surface area contributed by atoms with Gasteiger partial charge in [-0.15, -0.1) is 0 Å². The molecule has 0 spiro atoms. The van der Waals surface area contributed by atoms with Gasteiger partial charge in [-0.3, -0.25) is 9.48 Å². The molecule has 22 heavy (non-hydrogen) atoms. The van der Waals surface area contributed by atoms with E-state index in [0.717, 1.165) is 11.1 Å². The third kappa shape index (κ3) is 3.36. The Labute approximate surface area is 130 Å². The van der Waals surface area contributed by atoms with Crippen LogP contribution in [0.1, 0.15) is 29.8 Å². The predicted molar refractivity (Wildman–Crippen MR) is 83.7 cm³/mol. The zero-order valence-electron chi connectivity index (χ0n) is 13.0. The molecule has 2 heterocycles. The van der Waals surface area contributed by atoms with Gasteiger partial charge in [0.1, 0.15) is 0 Å². The van der Waals surface area contributed by atoms with Gasteiger partial charge in [0, 0.05) is 31.0 Å². The number of benzene rings is 1. The number of rotatable bonds is 3. The van der Waals surface area contributed by atoms with E-state index in [-0.39, 0.29) is 18.1 Å². The number of ether oxygens (including phenoxy) is 1. The highest BCUT2D eigenvalue weighted by Gasteiger charge is 2.26. The maximum Gasteiger partial charge on any atom is 0.254 e. The van der Waals surface area contributed by atoms with E-state index in [2.05, 4.69) is 5.10 Å². The van der Waals surface area contributed by atoms with Gasteiger partial charge in [0.25, 0.3) is 5.91 Å². The van der Waals surface area contributed by atoms with Crippen LogP contribution in [0.4, 0.5) is 0 Å². The van der Waals surface area contributed by atoms with Gasteiger partial charge in [0.15, 0.2) is 0 Å².